The summed E-state index contributed by atoms with van der Waals surface area (Å²) in [5.74, 6) is 0.102. The van der Waals surface area contributed by atoms with Crippen LogP contribution in [0.25, 0.3) is 0 Å². The van der Waals surface area contributed by atoms with Crippen LogP contribution in [0.5, 0.6) is 0 Å². The van der Waals surface area contributed by atoms with Gasteiger partial charge < -0.3 is 10.6 Å². The minimum absolute atomic E-state index is 0.0871. The second-order valence-electron chi connectivity index (χ2n) is 6.93. The van der Waals surface area contributed by atoms with Crippen LogP contribution < -0.4 is 10.6 Å². The molecule has 2 aromatic heterocycles. The number of fused-ring (bicyclic) bond motifs is 2. The number of rotatable bonds is 4. The summed E-state index contributed by atoms with van der Waals surface area (Å²) in [5.41, 5.74) is 3.34. The van der Waals surface area contributed by atoms with Crippen LogP contribution in [0.2, 0.25) is 0 Å². The van der Waals surface area contributed by atoms with Gasteiger partial charge in [0.2, 0.25) is 5.91 Å². The van der Waals surface area contributed by atoms with Crippen LogP contribution in [0.3, 0.4) is 0 Å². The van der Waals surface area contributed by atoms with Gasteiger partial charge in [0.15, 0.2) is 0 Å². The zero-order valence-electron chi connectivity index (χ0n) is 14.7. The zero-order chi connectivity index (χ0) is 17.2. The maximum absolute atomic E-state index is 12.4. The summed E-state index contributed by atoms with van der Waals surface area (Å²) in [7, 11) is 0. The molecule has 4 rings (SSSR count). The molecule has 1 atom stereocenters. The Balaban J connectivity index is 1.34. The first-order chi connectivity index (χ1) is 12.2. The van der Waals surface area contributed by atoms with Crippen molar-refractivity contribution in [1.29, 1.82) is 0 Å². The molecule has 0 radical (unpaired) electrons. The number of amides is 1. The van der Waals surface area contributed by atoms with Gasteiger partial charge in [-0.05, 0) is 45.2 Å². The molecule has 0 bridgehead atoms. The topological polar surface area (TPSA) is 71.8 Å². The van der Waals surface area contributed by atoms with Crippen LogP contribution in [-0.2, 0) is 30.7 Å². The highest BCUT2D eigenvalue weighted by Crippen LogP contribution is 2.33. The Morgan fingerprint density at radius 2 is 2.40 bits per heavy atom. The molecule has 0 saturated carbocycles. The lowest BCUT2D eigenvalue weighted by molar-refractivity contribution is -0.121. The summed E-state index contributed by atoms with van der Waals surface area (Å²) in [5, 5.41) is 12.3. The molecule has 1 aliphatic carbocycles. The van der Waals surface area contributed by atoms with Gasteiger partial charge in [0, 0.05) is 30.8 Å². The average Bonchev–Trinajstić information content (AvgIpc) is 3.09. The van der Waals surface area contributed by atoms with E-state index in [-0.39, 0.29) is 11.9 Å². The lowest BCUT2D eigenvalue weighted by atomic mass is 9.97. The number of thiazole rings is 1. The van der Waals surface area contributed by atoms with Gasteiger partial charge in [0.1, 0.15) is 0 Å². The molecule has 0 unspecified atom stereocenters. The van der Waals surface area contributed by atoms with E-state index in [2.05, 4.69) is 31.5 Å². The van der Waals surface area contributed by atoms with E-state index in [1.54, 1.807) is 11.3 Å². The van der Waals surface area contributed by atoms with E-state index < -0.39 is 0 Å². The SMILES string of the molecule is Cc1nc2c(s1)CCC[C@H]2NC(=O)CCc1cc2n(n1)CCCNC2. The zero-order valence-corrected chi connectivity index (χ0v) is 15.5. The van der Waals surface area contributed by atoms with Crippen LogP contribution in [0.4, 0.5) is 0 Å². The van der Waals surface area contributed by atoms with Gasteiger partial charge in [0.05, 0.1) is 28.1 Å². The third-order valence-electron chi connectivity index (χ3n) is 4.95. The summed E-state index contributed by atoms with van der Waals surface area (Å²) in [4.78, 5) is 18.4. The largest absolute Gasteiger partial charge is 0.348 e. The van der Waals surface area contributed by atoms with Crippen molar-refractivity contribution in [3.05, 3.63) is 33.0 Å². The maximum atomic E-state index is 12.4. The van der Waals surface area contributed by atoms with Gasteiger partial charge in [-0.1, -0.05) is 0 Å². The summed E-state index contributed by atoms with van der Waals surface area (Å²) in [6.07, 6.45) is 5.50. The first kappa shape index (κ1) is 16.7. The highest BCUT2D eigenvalue weighted by Gasteiger charge is 2.25. The summed E-state index contributed by atoms with van der Waals surface area (Å²) in [6, 6.07) is 2.22. The average molecular weight is 359 g/mol. The summed E-state index contributed by atoms with van der Waals surface area (Å²) < 4.78 is 2.08. The van der Waals surface area contributed by atoms with Gasteiger partial charge in [-0.3, -0.25) is 9.48 Å². The van der Waals surface area contributed by atoms with E-state index >= 15 is 0 Å². The fourth-order valence-electron chi connectivity index (χ4n) is 3.73. The Kier molecular flexibility index (Phi) is 4.85. The smallest absolute Gasteiger partial charge is 0.220 e. The Hall–Kier alpha value is -1.73. The van der Waals surface area contributed by atoms with E-state index in [1.165, 1.54) is 10.6 Å². The molecular formula is C18H25N5OS. The molecule has 2 aromatic rings. The minimum Gasteiger partial charge on any atom is -0.348 e. The third-order valence-corrected chi connectivity index (χ3v) is 5.99. The fraction of sp³-hybridized carbons (Fsp3) is 0.611. The predicted molar refractivity (Wildman–Crippen MR) is 97.5 cm³/mol. The molecule has 0 spiro atoms. The Bertz CT molecular complexity index is 742. The van der Waals surface area contributed by atoms with Crippen LogP contribution in [0, 0.1) is 6.92 Å². The lowest BCUT2D eigenvalue weighted by Crippen LogP contribution is -2.31. The minimum atomic E-state index is 0.0871. The molecule has 7 heteroatoms. The van der Waals surface area contributed by atoms with Crippen molar-refractivity contribution >= 4 is 17.2 Å². The predicted octanol–water partition coefficient (Wildman–Crippen LogP) is 2.27. The summed E-state index contributed by atoms with van der Waals surface area (Å²) >= 11 is 1.77. The number of nitrogens with one attached hydrogen (secondary N) is 2. The quantitative estimate of drug-likeness (QED) is 0.878. The van der Waals surface area contributed by atoms with Crippen molar-refractivity contribution in [2.45, 2.75) is 64.6 Å². The van der Waals surface area contributed by atoms with Crippen molar-refractivity contribution in [1.82, 2.24) is 25.4 Å². The lowest BCUT2D eigenvalue weighted by Gasteiger charge is -2.22. The van der Waals surface area contributed by atoms with Gasteiger partial charge in [-0.25, -0.2) is 4.98 Å². The number of nitrogens with zero attached hydrogens (tertiary/aromatic N) is 3. The van der Waals surface area contributed by atoms with E-state index in [0.29, 0.717) is 12.8 Å². The highest BCUT2D eigenvalue weighted by molar-refractivity contribution is 7.11. The number of aromatic nitrogens is 3. The monoisotopic (exact) mass is 359 g/mol. The van der Waals surface area contributed by atoms with Crippen molar-refractivity contribution in [2.75, 3.05) is 6.54 Å². The van der Waals surface area contributed by atoms with E-state index in [1.807, 2.05) is 6.92 Å². The molecule has 3 heterocycles. The van der Waals surface area contributed by atoms with Gasteiger partial charge in [0.25, 0.3) is 0 Å². The van der Waals surface area contributed by atoms with Crippen molar-refractivity contribution in [3.8, 4) is 0 Å². The molecule has 1 aliphatic heterocycles. The molecule has 0 saturated heterocycles. The van der Waals surface area contributed by atoms with E-state index in [0.717, 1.165) is 61.7 Å². The highest BCUT2D eigenvalue weighted by atomic mass is 32.1. The molecular weight excluding hydrogens is 334 g/mol. The summed E-state index contributed by atoms with van der Waals surface area (Å²) in [6.45, 7) is 4.91. The molecule has 1 amide bonds. The normalized spacial score (nSPS) is 19.8. The van der Waals surface area contributed by atoms with Gasteiger partial charge >= 0.3 is 0 Å². The molecule has 6 nitrogen and oxygen atoms in total. The third kappa shape index (κ3) is 3.77. The Morgan fingerprint density at radius 1 is 1.48 bits per heavy atom. The first-order valence-corrected chi connectivity index (χ1v) is 10.0. The standard InChI is InChI=1S/C18H25N5OS/c1-12-20-18-15(4-2-5-16(18)25-12)21-17(24)7-6-13-10-14-11-19-8-3-9-23(14)22-13/h10,15,19H,2-9,11H2,1H3,(H,21,24)/t15-/m1/s1. The van der Waals surface area contributed by atoms with Crippen LogP contribution >= 0.6 is 11.3 Å². The van der Waals surface area contributed by atoms with E-state index in [9.17, 15) is 4.79 Å². The second-order valence-corrected chi connectivity index (χ2v) is 8.22. The molecule has 2 N–H and O–H groups in total. The van der Waals surface area contributed by atoms with Crippen LogP contribution in [0.1, 0.15) is 58.7 Å². The maximum Gasteiger partial charge on any atom is 0.220 e. The number of aryl methyl sites for hydroxylation is 4. The number of carbonyl (C=O) groups is 1. The number of hydrogen-bond acceptors (Lipinski definition) is 5. The molecule has 2 aliphatic rings. The molecule has 134 valence electrons. The van der Waals surface area contributed by atoms with Crippen molar-refractivity contribution in [3.63, 3.8) is 0 Å². The Labute approximate surface area is 152 Å². The number of hydrogen-bond donors (Lipinski definition) is 2. The first-order valence-electron chi connectivity index (χ1n) is 9.21. The Morgan fingerprint density at radius 3 is 3.32 bits per heavy atom. The second kappa shape index (κ2) is 7.25. The van der Waals surface area contributed by atoms with Crippen LogP contribution in [0.15, 0.2) is 6.07 Å². The van der Waals surface area contributed by atoms with Crippen LogP contribution in [-0.4, -0.2) is 27.2 Å². The van der Waals surface area contributed by atoms with Gasteiger partial charge in [-0.15, -0.1) is 11.3 Å². The van der Waals surface area contributed by atoms with Crippen molar-refractivity contribution in [2.24, 2.45) is 0 Å². The molecule has 25 heavy (non-hydrogen) atoms. The number of carbonyl (C=O) groups excluding carboxylic acids is 1. The molecule has 0 aromatic carbocycles. The molecule has 0 fully saturated rings. The fourth-order valence-corrected chi connectivity index (χ4v) is 4.77. The van der Waals surface area contributed by atoms with E-state index in [4.69, 9.17) is 0 Å². The van der Waals surface area contributed by atoms with Gasteiger partial charge in [-0.2, -0.15) is 5.10 Å². The van der Waals surface area contributed by atoms with Crippen molar-refractivity contribution < 1.29 is 4.79 Å².